The molecular weight excluding hydrogens is 228 g/mol. The first-order valence-corrected chi connectivity index (χ1v) is 6.65. The van der Waals surface area contributed by atoms with E-state index in [0.717, 1.165) is 18.4 Å². The average molecular weight is 250 g/mol. The molecular formula is C15H22O3. The van der Waals surface area contributed by atoms with Gasteiger partial charge in [-0.15, -0.1) is 0 Å². The molecule has 100 valence electrons. The number of ether oxygens (including phenoxy) is 1. The van der Waals surface area contributed by atoms with Crippen LogP contribution in [0.4, 0.5) is 0 Å². The van der Waals surface area contributed by atoms with Crippen molar-refractivity contribution < 1.29 is 14.6 Å². The zero-order valence-electron chi connectivity index (χ0n) is 11.0. The van der Waals surface area contributed by atoms with E-state index in [1.807, 2.05) is 0 Å². The van der Waals surface area contributed by atoms with Gasteiger partial charge in [-0.05, 0) is 30.7 Å². The number of hydrogen-bond donors (Lipinski definition) is 1. The van der Waals surface area contributed by atoms with Crippen molar-refractivity contribution in [3.05, 3.63) is 29.8 Å². The maximum absolute atomic E-state index is 11.9. The molecule has 0 aliphatic rings. The molecule has 1 rings (SSSR count). The van der Waals surface area contributed by atoms with E-state index in [0.29, 0.717) is 12.2 Å². The van der Waals surface area contributed by atoms with E-state index in [1.54, 1.807) is 24.3 Å². The summed E-state index contributed by atoms with van der Waals surface area (Å²) in [5.41, 5.74) is 0.739. The van der Waals surface area contributed by atoms with Gasteiger partial charge in [0.2, 0.25) is 0 Å². The fraction of sp³-hybridized carbons (Fsp3) is 0.533. The molecule has 0 unspecified atom stereocenters. The molecule has 1 aromatic rings. The minimum Gasteiger partial charge on any atom is -0.491 e. The van der Waals surface area contributed by atoms with Crippen molar-refractivity contribution in [2.45, 2.75) is 39.0 Å². The van der Waals surface area contributed by atoms with Crippen LogP contribution in [0.5, 0.6) is 5.75 Å². The van der Waals surface area contributed by atoms with Gasteiger partial charge in [-0.3, -0.25) is 4.79 Å². The van der Waals surface area contributed by atoms with Gasteiger partial charge in [0, 0.05) is 12.0 Å². The molecule has 3 nitrogen and oxygen atoms in total. The number of aliphatic hydroxyl groups is 1. The van der Waals surface area contributed by atoms with Crippen LogP contribution in [-0.2, 0) is 0 Å². The molecule has 0 radical (unpaired) electrons. The summed E-state index contributed by atoms with van der Waals surface area (Å²) < 4.78 is 5.24. The van der Waals surface area contributed by atoms with Crippen LogP contribution < -0.4 is 4.74 Å². The Morgan fingerprint density at radius 1 is 1.17 bits per heavy atom. The highest BCUT2D eigenvalue weighted by atomic mass is 16.5. The van der Waals surface area contributed by atoms with Crippen LogP contribution in [0, 0.1) is 0 Å². The molecule has 0 aliphatic heterocycles. The smallest absolute Gasteiger partial charge is 0.162 e. The van der Waals surface area contributed by atoms with Crippen molar-refractivity contribution >= 4 is 5.78 Å². The summed E-state index contributed by atoms with van der Waals surface area (Å²) in [5.74, 6) is 0.881. The van der Waals surface area contributed by atoms with E-state index in [9.17, 15) is 4.79 Å². The van der Waals surface area contributed by atoms with Gasteiger partial charge < -0.3 is 9.84 Å². The number of benzene rings is 1. The third kappa shape index (κ3) is 5.32. The van der Waals surface area contributed by atoms with Crippen molar-refractivity contribution in [2.75, 3.05) is 13.2 Å². The van der Waals surface area contributed by atoms with Crippen LogP contribution in [0.1, 0.15) is 49.4 Å². The summed E-state index contributed by atoms with van der Waals surface area (Å²) in [5, 5.41) is 8.63. The van der Waals surface area contributed by atoms with Crippen LogP contribution >= 0.6 is 0 Å². The molecule has 0 amide bonds. The summed E-state index contributed by atoms with van der Waals surface area (Å²) in [6, 6.07) is 7.12. The number of carbonyl (C=O) groups is 1. The first-order valence-electron chi connectivity index (χ1n) is 6.65. The Kier molecular flexibility index (Phi) is 7.11. The molecule has 0 saturated carbocycles. The fourth-order valence-corrected chi connectivity index (χ4v) is 1.76. The second kappa shape index (κ2) is 8.70. The van der Waals surface area contributed by atoms with Crippen molar-refractivity contribution in [3.8, 4) is 5.75 Å². The molecule has 0 saturated heterocycles. The summed E-state index contributed by atoms with van der Waals surface area (Å²) in [7, 11) is 0. The lowest BCUT2D eigenvalue weighted by molar-refractivity contribution is 0.0979. The molecule has 0 spiro atoms. The van der Waals surface area contributed by atoms with E-state index in [4.69, 9.17) is 9.84 Å². The molecule has 0 fully saturated rings. The number of unbranched alkanes of at least 4 members (excludes halogenated alkanes) is 3. The molecule has 0 atom stereocenters. The van der Waals surface area contributed by atoms with Gasteiger partial charge >= 0.3 is 0 Å². The summed E-state index contributed by atoms with van der Waals surface area (Å²) in [6.07, 6.45) is 5.10. The third-order valence-corrected chi connectivity index (χ3v) is 2.79. The zero-order chi connectivity index (χ0) is 13.2. The molecule has 0 aliphatic carbocycles. The van der Waals surface area contributed by atoms with Crippen molar-refractivity contribution in [2.24, 2.45) is 0 Å². The largest absolute Gasteiger partial charge is 0.491 e. The van der Waals surface area contributed by atoms with E-state index >= 15 is 0 Å². The SMILES string of the molecule is CCCCCCC(=O)c1ccc(OCCO)cc1. The highest BCUT2D eigenvalue weighted by molar-refractivity contribution is 5.96. The number of carbonyl (C=O) groups excluding carboxylic acids is 1. The molecule has 18 heavy (non-hydrogen) atoms. The third-order valence-electron chi connectivity index (χ3n) is 2.79. The quantitative estimate of drug-likeness (QED) is 0.540. The highest BCUT2D eigenvalue weighted by Gasteiger charge is 2.05. The summed E-state index contributed by atoms with van der Waals surface area (Å²) >= 11 is 0. The summed E-state index contributed by atoms with van der Waals surface area (Å²) in [4.78, 5) is 11.9. The van der Waals surface area contributed by atoms with Crippen LogP contribution in [0.25, 0.3) is 0 Å². The number of ketones is 1. The molecule has 3 heteroatoms. The second-order valence-electron chi connectivity index (χ2n) is 4.33. The fourth-order valence-electron chi connectivity index (χ4n) is 1.76. The second-order valence-corrected chi connectivity index (χ2v) is 4.33. The topological polar surface area (TPSA) is 46.5 Å². The van der Waals surface area contributed by atoms with E-state index in [2.05, 4.69) is 6.92 Å². The first-order chi connectivity index (χ1) is 8.77. The summed E-state index contributed by atoms with van der Waals surface area (Å²) in [6.45, 7) is 2.44. The van der Waals surface area contributed by atoms with Gasteiger partial charge in [0.1, 0.15) is 12.4 Å². The van der Waals surface area contributed by atoms with E-state index < -0.39 is 0 Å². The first kappa shape index (κ1) is 14.7. The van der Waals surface area contributed by atoms with Gasteiger partial charge in [0.15, 0.2) is 5.78 Å². The zero-order valence-corrected chi connectivity index (χ0v) is 11.0. The van der Waals surface area contributed by atoms with E-state index in [1.165, 1.54) is 12.8 Å². The maximum atomic E-state index is 11.9. The number of hydrogen-bond acceptors (Lipinski definition) is 3. The van der Waals surface area contributed by atoms with Gasteiger partial charge in [0.05, 0.1) is 6.61 Å². The number of rotatable bonds is 9. The number of aliphatic hydroxyl groups excluding tert-OH is 1. The minimum atomic E-state index is -0.00187. The average Bonchev–Trinajstić information content (AvgIpc) is 2.41. The van der Waals surface area contributed by atoms with Gasteiger partial charge in [-0.25, -0.2) is 0 Å². The van der Waals surface area contributed by atoms with Gasteiger partial charge in [0.25, 0.3) is 0 Å². The molecule has 1 aromatic carbocycles. The van der Waals surface area contributed by atoms with Crippen LogP contribution in [0.2, 0.25) is 0 Å². The van der Waals surface area contributed by atoms with Crippen molar-refractivity contribution in [1.29, 1.82) is 0 Å². The Morgan fingerprint density at radius 2 is 1.89 bits per heavy atom. The Labute approximate surface area is 109 Å². The molecule has 1 N–H and O–H groups in total. The normalized spacial score (nSPS) is 10.3. The molecule has 0 bridgehead atoms. The lowest BCUT2D eigenvalue weighted by atomic mass is 10.0. The van der Waals surface area contributed by atoms with Gasteiger partial charge in [-0.2, -0.15) is 0 Å². The molecule has 0 aromatic heterocycles. The Morgan fingerprint density at radius 3 is 2.50 bits per heavy atom. The van der Waals surface area contributed by atoms with Crippen LogP contribution in [0.15, 0.2) is 24.3 Å². The Bertz CT molecular complexity index is 343. The Hall–Kier alpha value is -1.35. The monoisotopic (exact) mass is 250 g/mol. The predicted molar refractivity (Wildman–Crippen MR) is 72.1 cm³/mol. The lowest BCUT2D eigenvalue weighted by Gasteiger charge is -2.05. The van der Waals surface area contributed by atoms with E-state index in [-0.39, 0.29) is 19.0 Å². The van der Waals surface area contributed by atoms with Crippen molar-refractivity contribution in [1.82, 2.24) is 0 Å². The van der Waals surface area contributed by atoms with Crippen LogP contribution in [-0.4, -0.2) is 24.1 Å². The van der Waals surface area contributed by atoms with Crippen LogP contribution in [0.3, 0.4) is 0 Å². The van der Waals surface area contributed by atoms with Crippen molar-refractivity contribution in [3.63, 3.8) is 0 Å². The Balaban J connectivity index is 2.38. The van der Waals surface area contributed by atoms with Gasteiger partial charge in [-0.1, -0.05) is 26.2 Å². The minimum absolute atomic E-state index is 0.00187. The lowest BCUT2D eigenvalue weighted by Crippen LogP contribution is -2.02. The molecule has 0 heterocycles. The highest BCUT2D eigenvalue weighted by Crippen LogP contribution is 2.14. The number of Topliss-reactive ketones (excluding diaryl/α,β-unsaturated/α-hetero) is 1. The standard InChI is InChI=1S/C15H22O3/c1-2-3-4-5-6-15(17)13-7-9-14(10-8-13)18-12-11-16/h7-10,16H,2-6,11-12H2,1H3. The predicted octanol–water partition coefficient (Wildman–Crippen LogP) is 3.21. The maximum Gasteiger partial charge on any atom is 0.162 e.